The van der Waals surface area contributed by atoms with E-state index in [-0.39, 0.29) is 10.8 Å². The molecular weight excluding hydrogens is 292 g/mol. The Kier molecular flexibility index (Phi) is 4.22. The summed E-state index contributed by atoms with van der Waals surface area (Å²) in [7, 11) is -3.74. The molecule has 6 N–H and O–H groups in total. The second kappa shape index (κ2) is 5.92. The molecule has 110 valence electrons. The van der Waals surface area contributed by atoms with Crippen LogP contribution in [0.1, 0.15) is 10.4 Å². The molecule has 2 aromatic carbocycles. The summed E-state index contributed by atoms with van der Waals surface area (Å²) >= 11 is 0. The summed E-state index contributed by atoms with van der Waals surface area (Å²) in [5.74, 6) is 4.92. The number of nitrogen functional groups attached to an aromatic ring is 1. The van der Waals surface area contributed by atoms with Crippen LogP contribution in [0, 0.1) is 0 Å². The molecule has 21 heavy (non-hydrogen) atoms. The molecule has 0 atom stereocenters. The molecule has 0 radical (unpaired) electrons. The molecule has 0 unspecified atom stereocenters. The Balaban J connectivity index is 2.12. The zero-order valence-electron chi connectivity index (χ0n) is 10.9. The predicted octanol–water partition coefficient (Wildman–Crippen LogP) is 0.872. The average molecular weight is 306 g/mol. The van der Waals surface area contributed by atoms with Crippen molar-refractivity contribution in [2.45, 2.75) is 4.90 Å². The van der Waals surface area contributed by atoms with E-state index < -0.39 is 10.0 Å². The zero-order chi connectivity index (χ0) is 15.5. The van der Waals surface area contributed by atoms with Gasteiger partial charge >= 0.3 is 0 Å². The monoisotopic (exact) mass is 306 g/mol. The second-order valence-electron chi connectivity index (χ2n) is 4.25. The van der Waals surface area contributed by atoms with Crippen LogP contribution < -0.4 is 21.7 Å². The minimum Gasteiger partial charge on any atom is -0.324 e. The van der Waals surface area contributed by atoms with Crippen molar-refractivity contribution in [2.75, 3.05) is 10.7 Å². The molecule has 0 bridgehead atoms. The third kappa shape index (κ3) is 3.78. The van der Waals surface area contributed by atoms with Crippen molar-refractivity contribution < 1.29 is 13.2 Å². The molecule has 1 amide bonds. The Hall–Kier alpha value is -2.42. The number of primary sulfonamides is 1. The van der Waals surface area contributed by atoms with E-state index in [0.717, 1.165) is 0 Å². The summed E-state index contributed by atoms with van der Waals surface area (Å²) < 4.78 is 22.2. The first-order valence-corrected chi connectivity index (χ1v) is 7.46. The normalized spacial score (nSPS) is 11.0. The SMILES string of the molecule is NNc1ccc(C(=O)Nc2ccc(S(N)(=O)=O)cc2)cc1. The maximum Gasteiger partial charge on any atom is 0.255 e. The second-order valence-corrected chi connectivity index (χ2v) is 5.81. The first-order valence-electron chi connectivity index (χ1n) is 5.91. The third-order valence-electron chi connectivity index (χ3n) is 2.75. The maximum atomic E-state index is 12.0. The summed E-state index contributed by atoms with van der Waals surface area (Å²) in [4.78, 5) is 12.0. The van der Waals surface area contributed by atoms with Gasteiger partial charge in [-0.15, -0.1) is 0 Å². The number of hydrogen-bond acceptors (Lipinski definition) is 5. The van der Waals surface area contributed by atoms with Gasteiger partial charge in [0, 0.05) is 16.9 Å². The highest BCUT2D eigenvalue weighted by Gasteiger charge is 2.09. The van der Waals surface area contributed by atoms with Gasteiger partial charge in [-0.25, -0.2) is 13.6 Å². The Morgan fingerprint density at radius 3 is 1.90 bits per heavy atom. The van der Waals surface area contributed by atoms with E-state index in [1.807, 2.05) is 0 Å². The number of anilines is 2. The number of nitrogens with one attached hydrogen (secondary N) is 2. The lowest BCUT2D eigenvalue weighted by atomic mass is 10.2. The number of carbonyl (C=O) groups is 1. The van der Waals surface area contributed by atoms with Gasteiger partial charge in [-0.1, -0.05) is 0 Å². The molecule has 0 aromatic heterocycles. The van der Waals surface area contributed by atoms with Crippen LogP contribution in [0.2, 0.25) is 0 Å². The summed E-state index contributed by atoms with van der Waals surface area (Å²) in [6.07, 6.45) is 0. The predicted molar refractivity (Wildman–Crippen MR) is 80.0 cm³/mol. The lowest BCUT2D eigenvalue weighted by Crippen LogP contribution is -2.14. The Morgan fingerprint density at radius 2 is 1.43 bits per heavy atom. The lowest BCUT2D eigenvalue weighted by molar-refractivity contribution is 0.102. The molecule has 0 spiro atoms. The van der Waals surface area contributed by atoms with E-state index in [4.69, 9.17) is 11.0 Å². The fourth-order valence-electron chi connectivity index (χ4n) is 1.65. The van der Waals surface area contributed by atoms with Crippen molar-refractivity contribution in [3.05, 3.63) is 54.1 Å². The molecule has 0 aliphatic rings. The molecule has 7 nitrogen and oxygen atoms in total. The molecular formula is C13H14N4O3S. The first kappa shape index (κ1) is 15.0. The summed E-state index contributed by atoms with van der Waals surface area (Å²) in [6.45, 7) is 0. The highest BCUT2D eigenvalue weighted by molar-refractivity contribution is 7.89. The van der Waals surface area contributed by atoms with E-state index >= 15 is 0 Å². The van der Waals surface area contributed by atoms with Crippen LogP contribution in [0.4, 0.5) is 11.4 Å². The van der Waals surface area contributed by atoms with Gasteiger partial charge in [-0.05, 0) is 48.5 Å². The number of sulfonamides is 1. The molecule has 0 fully saturated rings. The van der Waals surface area contributed by atoms with Gasteiger partial charge in [0.2, 0.25) is 10.0 Å². The van der Waals surface area contributed by atoms with Gasteiger partial charge in [-0.3, -0.25) is 10.6 Å². The van der Waals surface area contributed by atoms with E-state index in [2.05, 4.69) is 10.7 Å². The molecule has 2 rings (SSSR count). The maximum absolute atomic E-state index is 12.0. The number of rotatable bonds is 4. The van der Waals surface area contributed by atoms with Crippen molar-refractivity contribution in [3.8, 4) is 0 Å². The quantitative estimate of drug-likeness (QED) is 0.492. The van der Waals surface area contributed by atoms with Crippen LogP contribution in [0.15, 0.2) is 53.4 Å². The largest absolute Gasteiger partial charge is 0.324 e. The smallest absolute Gasteiger partial charge is 0.255 e. The van der Waals surface area contributed by atoms with Crippen molar-refractivity contribution in [2.24, 2.45) is 11.0 Å². The molecule has 0 saturated heterocycles. The number of carbonyl (C=O) groups excluding carboxylic acids is 1. The van der Waals surface area contributed by atoms with Gasteiger partial charge in [-0.2, -0.15) is 0 Å². The average Bonchev–Trinajstić information content (AvgIpc) is 2.47. The fraction of sp³-hybridized carbons (Fsp3) is 0. The van der Waals surface area contributed by atoms with Crippen molar-refractivity contribution in [1.82, 2.24) is 0 Å². The number of benzene rings is 2. The van der Waals surface area contributed by atoms with E-state index in [1.54, 1.807) is 24.3 Å². The number of nitrogens with two attached hydrogens (primary N) is 2. The minimum atomic E-state index is -3.74. The van der Waals surface area contributed by atoms with Gasteiger partial charge in [0.05, 0.1) is 4.90 Å². The number of hydrazine groups is 1. The fourth-order valence-corrected chi connectivity index (χ4v) is 2.16. The number of amides is 1. The highest BCUT2D eigenvalue weighted by atomic mass is 32.2. The van der Waals surface area contributed by atoms with Crippen LogP contribution in [0.5, 0.6) is 0 Å². The van der Waals surface area contributed by atoms with E-state index in [0.29, 0.717) is 16.9 Å². The summed E-state index contributed by atoms with van der Waals surface area (Å²) in [5, 5.41) is 7.64. The summed E-state index contributed by atoms with van der Waals surface area (Å²) in [6, 6.07) is 12.1. The van der Waals surface area contributed by atoms with Crippen LogP contribution >= 0.6 is 0 Å². The topological polar surface area (TPSA) is 127 Å². The third-order valence-corrected chi connectivity index (χ3v) is 3.68. The van der Waals surface area contributed by atoms with Crippen molar-refractivity contribution >= 4 is 27.3 Å². The Morgan fingerprint density at radius 1 is 0.905 bits per heavy atom. The highest BCUT2D eigenvalue weighted by Crippen LogP contribution is 2.15. The molecule has 8 heteroatoms. The van der Waals surface area contributed by atoms with E-state index in [1.165, 1.54) is 24.3 Å². The first-order chi connectivity index (χ1) is 9.90. The van der Waals surface area contributed by atoms with Crippen LogP contribution in [-0.2, 0) is 10.0 Å². The van der Waals surface area contributed by atoms with Gasteiger partial charge < -0.3 is 10.7 Å². The molecule has 0 heterocycles. The molecule has 0 aliphatic carbocycles. The Labute approximate surface area is 122 Å². The van der Waals surface area contributed by atoms with E-state index in [9.17, 15) is 13.2 Å². The van der Waals surface area contributed by atoms with Gasteiger partial charge in [0.15, 0.2) is 0 Å². The van der Waals surface area contributed by atoms with Crippen molar-refractivity contribution in [3.63, 3.8) is 0 Å². The number of hydrogen-bond donors (Lipinski definition) is 4. The zero-order valence-corrected chi connectivity index (χ0v) is 11.7. The van der Waals surface area contributed by atoms with Crippen LogP contribution in [0.25, 0.3) is 0 Å². The Bertz CT molecular complexity index is 740. The van der Waals surface area contributed by atoms with Crippen molar-refractivity contribution in [1.29, 1.82) is 0 Å². The lowest BCUT2D eigenvalue weighted by Gasteiger charge is -2.07. The molecule has 0 saturated carbocycles. The molecule has 2 aromatic rings. The minimum absolute atomic E-state index is 0.0149. The standard InChI is InChI=1S/C13H14N4O3S/c14-17-11-3-1-9(2-4-11)13(18)16-10-5-7-12(8-6-10)21(15,19)20/h1-8,17H,14H2,(H,16,18)(H2,15,19,20). The van der Waals surface area contributed by atoms with Gasteiger partial charge in [0.25, 0.3) is 5.91 Å². The van der Waals surface area contributed by atoms with Crippen LogP contribution in [-0.4, -0.2) is 14.3 Å². The van der Waals surface area contributed by atoms with Gasteiger partial charge in [0.1, 0.15) is 0 Å². The summed E-state index contributed by atoms with van der Waals surface area (Å²) in [5.41, 5.74) is 4.06. The van der Waals surface area contributed by atoms with Crippen LogP contribution in [0.3, 0.4) is 0 Å². The molecule has 0 aliphatic heterocycles.